The van der Waals surface area contributed by atoms with Gasteiger partial charge in [0.2, 0.25) is 0 Å². The molecule has 1 aromatic heterocycles. The average Bonchev–Trinajstić information content (AvgIpc) is 2.71. The topological polar surface area (TPSA) is 70.2 Å². The molecule has 0 radical (unpaired) electrons. The number of carbonyl (C=O) groups excluding carboxylic acids is 1. The van der Waals surface area contributed by atoms with Gasteiger partial charge in [0.25, 0.3) is 5.91 Å². The lowest BCUT2D eigenvalue weighted by molar-refractivity contribution is 0.102. The zero-order valence-electron chi connectivity index (χ0n) is 17.4. The Labute approximate surface area is 172 Å². The Morgan fingerprint density at radius 2 is 1.76 bits per heavy atom. The van der Waals surface area contributed by atoms with E-state index in [0.717, 1.165) is 35.5 Å². The summed E-state index contributed by atoms with van der Waals surface area (Å²) in [5.41, 5.74) is 4.07. The molecule has 3 rings (SSSR count). The maximum Gasteiger partial charge on any atom is 0.274 e. The van der Waals surface area contributed by atoms with Crippen LogP contribution in [-0.2, 0) is 0 Å². The second-order valence-corrected chi connectivity index (χ2v) is 7.33. The number of carbonyl (C=O) groups is 1. The fourth-order valence-electron chi connectivity index (χ4n) is 2.83. The number of hydrogen-bond acceptors (Lipinski definition) is 5. The zero-order chi connectivity index (χ0) is 20.8. The van der Waals surface area contributed by atoms with E-state index in [1.54, 1.807) is 6.07 Å². The molecule has 0 aliphatic carbocycles. The molecule has 0 unspecified atom stereocenters. The molecular weight excluding hydrogens is 362 g/mol. The minimum Gasteiger partial charge on any atom is -0.369 e. The monoisotopic (exact) mass is 389 g/mol. The minimum atomic E-state index is -0.256. The number of nitrogens with one attached hydrogen (secondary N) is 2. The van der Waals surface area contributed by atoms with Gasteiger partial charge in [-0.3, -0.25) is 4.79 Å². The van der Waals surface area contributed by atoms with Crippen LogP contribution in [-0.4, -0.2) is 48.0 Å². The maximum absolute atomic E-state index is 13.0. The molecule has 29 heavy (non-hydrogen) atoms. The first kappa shape index (κ1) is 20.5. The molecule has 6 heteroatoms. The Hall–Kier alpha value is -3.25. The molecule has 0 aliphatic rings. The van der Waals surface area contributed by atoms with Crippen LogP contribution in [0.5, 0.6) is 0 Å². The van der Waals surface area contributed by atoms with Gasteiger partial charge in [0.15, 0.2) is 5.82 Å². The van der Waals surface area contributed by atoms with Crippen LogP contribution in [0, 0.1) is 13.8 Å². The van der Waals surface area contributed by atoms with Gasteiger partial charge in [0.1, 0.15) is 11.5 Å². The minimum absolute atomic E-state index is 0.256. The molecule has 1 heterocycles. The molecule has 150 valence electrons. The summed E-state index contributed by atoms with van der Waals surface area (Å²) in [6.45, 7) is 5.55. The molecule has 0 saturated carbocycles. The smallest absolute Gasteiger partial charge is 0.274 e. The quantitative estimate of drug-likeness (QED) is 0.639. The largest absolute Gasteiger partial charge is 0.369 e. The standard InChI is InChI=1S/C23H27N5O/c1-16-10-11-17(2)19(14-16)26-23(29)20-15-21(24-12-13-28(3)4)27-22(25-20)18-8-6-5-7-9-18/h5-11,14-15H,12-13H2,1-4H3,(H,26,29)(H,24,25,27). The summed E-state index contributed by atoms with van der Waals surface area (Å²) in [5, 5.41) is 6.28. The number of benzene rings is 2. The summed E-state index contributed by atoms with van der Waals surface area (Å²) in [6, 6.07) is 17.4. The first-order valence-electron chi connectivity index (χ1n) is 9.64. The lowest BCUT2D eigenvalue weighted by atomic mass is 10.1. The van der Waals surface area contributed by atoms with E-state index < -0.39 is 0 Å². The normalized spacial score (nSPS) is 10.8. The highest BCUT2D eigenvalue weighted by molar-refractivity contribution is 6.04. The van der Waals surface area contributed by atoms with Gasteiger partial charge in [0, 0.05) is 30.4 Å². The van der Waals surface area contributed by atoms with Gasteiger partial charge in [-0.2, -0.15) is 0 Å². The summed E-state index contributed by atoms with van der Waals surface area (Å²) in [6.07, 6.45) is 0. The fraction of sp³-hybridized carbons (Fsp3) is 0.261. The molecule has 6 nitrogen and oxygen atoms in total. The van der Waals surface area contributed by atoms with Crippen molar-refractivity contribution in [3.05, 3.63) is 71.4 Å². The highest BCUT2D eigenvalue weighted by Crippen LogP contribution is 2.20. The molecule has 0 bridgehead atoms. The molecule has 3 aromatic rings. The third kappa shape index (κ3) is 5.62. The van der Waals surface area contributed by atoms with Crippen LogP contribution in [0.4, 0.5) is 11.5 Å². The van der Waals surface area contributed by atoms with Crippen molar-refractivity contribution in [2.24, 2.45) is 0 Å². The van der Waals surface area contributed by atoms with E-state index >= 15 is 0 Å². The third-order valence-electron chi connectivity index (χ3n) is 4.50. The Morgan fingerprint density at radius 3 is 2.48 bits per heavy atom. The zero-order valence-corrected chi connectivity index (χ0v) is 17.4. The van der Waals surface area contributed by atoms with Gasteiger partial charge in [-0.25, -0.2) is 9.97 Å². The molecule has 2 aromatic carbocycles. The second kappa shape index (κ2) is 9.30. The number of aromatic nitrogens is 2. The van der Waals surface area contributed by atoms with Crippen molar-refractivity contribution in [1.29, 1.82) is 0 Å². The first-order valence-corrected chi connectivity index (χ1v) is 9.64. The van der Waals surface area contributed by atoms with Gasteiger partial charge in [-0.1, -0.05) is 42.5 Å². The summed E-state index contributed by atoms with van der Waals surface area (Å²) < 4.78 is 0. The molecule has 0 spiro atoms. The predicted octanol–water partition coefficient (Wildman–Crippen LogP) is 3.99. The Balaban J connectivity index is 1.91. The molecule has 0 fully saturated rings. The molecular formula is C23H27N5O. The van der Waals surface area contributed by atoms with E-state index in [-0.39, 0.29) is 5.91 Å². The van der Waals surface area contributed by atoms with Crippen molar-refractivity contribution >= 4 is 17.4 Å². The van der Waals surface area contributed by atoms with Crippen LogP contribution >= 0.6 is 0 Å². The molecule has 0 aliphatic heterocycles. The number of nitrogens with zero attached hydrogens (tertiary/aromatic N) is 3. The highest BCUT2D eigenvalue weighted by Gasteiger charge is 2.14. The van der Waals surface area contributed by atoms with E-state index in [1.165, 1.54) is 0 Å². The second-order valence-electron chi connectivity index (χ2n) is 7.33. The first-order chi connectivity index (χ1) is 13.9. The van der Waals surface area contributed by atoms with E-state index in [4.69, 9.17) is 0 Å². The lowest BCUT2D eigenvalue weighted by Gasteiger charge is -2.13. The van der Waals surface area contributed by atoms with Crippen molar-refractivity contribution < 1.29 is 4.79 Å². The van der Waals surface area contributed by atoms with Crippen LogP contribution in [0.3, 0.4) is 0 Å². The van der Waals surface area contributed by atoms with Crippen LogP contribution < -0.4 is 10.6 Å². The average molecular weight is 390 g/mol. The van der Waals surface area contributed by atoms with Crippen molar-refractivity contribution in [3.8, 4) is 11.4 Å². The van der Waals surface area contributed by atoms with E-state index in [2.05, 4.69) is 25.5 Å². The number of amides is 1. The predicted molar refractivity (Wildman–Crippen MR) is 118 cm³/mol. The SMILES string of the molecule is Cc1ccc(C)c(NC(=O)c2cc(NCCN(C)C)nc(-c3ccccc3)n2)c1. The van der Waals surface area contributed by atoms with Crippen LogP contribution in [0.2, 0.25) is 0 Å². The van der Waals surface area contributed by atoms with Crippen LogP contribution in [0.1, 0.15) is 21.6 Å². The van der Waals surface area contributed by atoms with Gasteiger partial charge < -0.3 is 15.5 Å². The Kier molecular flexibility index (Phi) is 6.57. The van der Waals surface area contributed by atoms with E-state index in [1.807, 2.05) is 76.5 Å². The van der Waals surface area contributed by atoms with Crippen molar-refractivity contribution in [3.63, 3.8) is 0 Å². The number of likely N-dealkylation sites (N-methyl/N-ethyl adjacent to an activating group) is 1. The maximum atomic E-state index is 13.0. The van der Waals surface area contributed by atoms with E-state index in [9.17, 15) is 4.79 Å². The summed E-state index contributed by atoms with van der Waals surface area (Å²) in [4.78, 5) is 24.2. The molecule has 2 N–H and O–H groups in total. The van der Waals surface area contributed by atoms with Gasteiger partial charge in [0.05, 0.1) is 0 Å². The van der Waals surface area contributed by atoms with Crippen LogP contribution in [0.15, 0.2) is 54.6 Å². The van der Waals surface area contributed by atoms with Crippen molar-refractivity contribution in [2.45, 2.75) is 13.8 Å². The molecule has 0 atom stereocenters. The van der Waals surface area contributed by atoms with Crippen LogP contribution in [0.25, 0.3) is 11.4 Å². The van der Waals surface area contributed by atoms with Gasteiger partial charge in [-0.05, 0) is 45.1 Å². The Bertz CT molecular complexity index is 986. The number of hydrogen-bond donors (Lipinski definition) is 2. The number of rotatable bonds is 7. The van der Waals surface area contributed by atoms with E-state index in [0.29, 0.717) is 17.3 Å². The summed E-state index contributed by atoms with van der Waals surface area (Å²) in [5.74, 6) is 0.896. The molecule has 1 amide bonds. The van der Waals surface area contributed by atoms with Crippen molar-refractivity contribution in [1.82, 2.24) is 14.9 Å². The summed E-state index contributed by atoms with van der Waals surface area (Å²) in [7, 11) is 4.03. The third-order valence-corrected chi connectivity index (χ3v) is 4.50. The highest BCUT2D eigenvalue weighted by atomic mass is 16.1. The van der Waals surface area contributed by atoms with Gasteiger partial charge in [-0.15, -0.1) is 0 Å². The lowest BCUT2D eigenvalue weighted by Crippen LogP contribution is -2.22. The Morgan fingerprint density at radius 1 is 1.00 bits per heavy atom. The number of aryl methyl sites for hydroxylation is 2. The summed E-state index contributed by atoms with van der Waals surface area (Å²) >= 11 is 0. The fourth-order valence-corrected chi connectivity index (χ4v) is 2.83. The molecule has 0 saturated heterocycles. The van der Waals surface area contributed by atoms with Crippen molar-refractivity contribution in [2.75, 3.05) is 37.8 Å². The number of anilines is 2. The van der Waals surface area contributed by atoms with Gasteiger partial charge >= 0.3 is 0 Å².